The molecule has 1 aromatic carbocycles. The summed E-state index contributed by atoms with van der Waals surface area (Å²) in [6, 6.07) is 10.2. The zero-order valence-electron chi connectivity index (χ0n) is 15.3. The summed E-state index contributed by atoms with van der Waals surface area (Å²) >= 11 is 0. The van der Waals surface area contributed by atoms with Gasteiger partial charge in [-0.2, -0.15) is 5.10 Å². The summed E-state index contributed by atoms with van der Waals surface area (Å²) in [6.07, 6.45) is 7.09. The van der Waals surface area contributed by atoms with Crippen molar-refractivity contribution in [2.24, 2.45) is 0 Å². The van der Waals surface area contributed by atoms with Crippen molar-refractivity contribution in [1.29, 1.82) is 0 Å². The van der Waals surface area contributed by atoms with Gasteiger partial charge in [0.05, 0.1) is 17.3 Å². The van der Waals surface area contributed by atoms with E-state index in [1.54, 1.807) is 6.20 Å². The van der Waals surface area contributed by atoms with Gasteiger partial charge >= 0.3 is 0 Å². The van der Waals surface area contributed by atoms with Crippen LogP contribution in [0, 0.1) is 0 Å². The third-order valence-corrected chi connectivity index (χ3v) is 5.54. The summed E-state index contributed by atoms with van der Waals surface area (Å²) in [5.41, 5.74) is 3.19. The van der Waals surface area contributed by atoms with Gasteiger partial charge in [0.15, 0.2) is 5.65 Å². The zero-order valence-corrected chi connectivity index (χ0v) is 15.3. The van der Waals surface area contributed by atoms with Crippen molar-refractivity contribution in [1.82, 2.24) is 24.7 Å². The highest BCUT2D eigenvalue weighted by Crippen LogP contribution is 2.32. The predicted octanol–water partition coefficient (Wildman–Crippen LogP) is 4.01. The lowest BCUT2D eigenvalue weighted by atomic mass is 10.1. The Kier molecular flexibility index (Phi) is 3.77. The maximum Gasteiger partial charge on any atom is 0.262 e. The monoisotopic (exact) mass is 359 g/mol. The number of fused-ring (bicyclic) bond motifs is 2. The molecular weight excluding hydrogens is 338 g/mol. The highest BCUT2D eigenvalue weighted by Gasteiger charge is 2.24. The number of H-pyrrole nitrogens is 1. The van der Waals surface area contributed by atoms with Gasteiger partial charge in [0, 0.05) is 17.1 Å². The number of benzene rings is 1. The van der Waals surface area contributed by atoms with Gasteiger partial charge in [-0.15, -0.1) is 0 Å². The van der Waals surface area contributed by atoms with Crippen molar-refractivity contribution in [3.8, 4) is 11.4 Å². The van der Waals surface area contributed by atoms with E-state index in [9.17, 15) is 4.79 Å². The first-order valence-corrected chi connectivity index (χ1v) is 9.62. The second-order valence-corrected chi connectivity index (χ2v) is 7.17. The van der Waals surface area contributed by atoms with Gasteiger partial charge in [-0.1, -0.05) is 38.0 Å². The minimum atomic E-state index is -0.114. The molecule has 6 nitrogen and oxygen atoms in total. The van der Waals surface area contributed by atoms with Crippen LogP contribution in [0.1, 0.15) is 44.3 Å². The Morgan fingerprint density at radius 3 is 2.81 bits per heavy atom. The molecule has 0 atom stereocenters. The Morgan fingerprint density at radius 1 is 1.19 bits per heavy atom. The lowest BCUT2D eigenvalue weighted by Gasteiger charge is -2.11. The molecule has 0 radical (unpaired) electrons. The fourth-order valence-corrected chi connectivity index (χ4v) is 4.20. The molecule has 27 heavy (non-hydrogen) atoms. The van der Waals surface area contributed by atoms with Gasteiger partial charge in [0.2, 0.25) is 0 Å². The molecule has 5 rings (SSSR count). The van der Waals surface area contributed by atoms with Crippen LogP contribution in [0.2, 0.25) is 0 Å². The third-order valence-electron chi connectivity index (χ3n) is 5.54. The summed E-state index contributed by atoms with van der Waals surface area (Å²) in [6.45, 7) is 2.03. The van der Waals surface area contributed by atoms with Gasteiger partial charge in [-0.05, 0) is 31.4 Å². The van der Waals surface area contributed by atoms with Crippen molar-refractivity contribution >= 4 is 21.9 Å². The second-order valence-electron chi connectivity index (χ2n) is 7.17. The van der Waals surface area contributed by atoms with E-state index in [4.69, 9.17) is 10.1 Å². The van der Waals surface area contributed by atoms with Crippen molar-refractivity contribution in [2.45, 2.75) is 45.1 Å². The number of aryl methyl sites for hydroxylation is 1. The molecule has 1 fully saturated rings. The average Bonchev–Trinajstić information content (AvgIpc) is 3.35. The first-order valence-electron chi connectivity index (χ1n) is 9.62. The fourth-order valence-electron chi connectivity index (χ4n) is 4.20. The summed E-state index contributed by atoms with van der Waals surface area (Å²) in [5.74, 6) is 0.577. The number of aromatic nitrogens is 5. The lowest BCUT2D eigenvalue weighted by molar-refractivity contribution is 0.474. The fraction of sp³-hybridized carbons (Fsp3) is 0.333. The number of hydrogen-bond donors (Lipinski definition) is 1. The molecule has 1 saturated carbocycles. The molecule has 0 unspecified atom stereocenters. The van der Waals surface area contributed by atoms with Crippen molar-refractivity contribution in [3.63, 3.8) is 0 Å². The van der Waals surface area contributed by atoms with Gasteiger partial charge in [-0.3, -0.25) is 9.78 Å². The van der Waals surface area contributed by atoms with Gasteiger partial charge in [0.25, 0.3) is 5.56 Å². The smallest absolute Gasteiger partial charge is 0.262 e. The molecule has 0 aliphatic heterocycles. The number of para-hydroxylation sites is 1. The number of nitrogens with one attached hydrogen (secondary N) is 1. The van der Waals surface area contributed by atoms with Crippen LogP contribution >= 0.6 is 0 Å². The Morgan fingerprint density at radius 2 is 2.00 bits per heavy atom. The van der Waals surface area contributed by atoms with E-state index in [0.29, 0.717) is 22.9 Å². The Balaban J connectivity index is 1.79. The highest BCUT2D eigenvalue weighted by atomic mass is 16.1. The number of aromatic amines is 1. The quantitative estimate of drug-likeness (QED) is 0.599. The van der Waals surface area contributed by atoms with Crippen LogP contribution in [0.4, 0.5) is 0 Å². The number of nitrogens with zero attached hydrogens (tertiary/aromatic N) is 4. The first kappa shape index (κ1) is 16.2. The molecule has 0 saturated heterocycles. The molecule has 0 amide bonds. The van der Waals surface area contributed by atoms with Gasteiger partial charge in [-0.25, -0.2) is 9.67 Å². The Bertz CT molecular complexity index is 1200. The number of pyridine rings is 1. The van der Waals surface area contributed by atoms with Crippen molar-refractivity contribution in [2.75, 3.05) is 0 Å². The van der Waals surface area contributed by atoms with Crippen LogP contribution in [0.5, 0.6) is 0 Å². The van der Waals surface area contributed by atoms with Gasteiger partial charge in [0.1, 0.15) is 11.2 Å². The lowest BCUT2D eigenvalue weighted by Crippen LogP contribution is -2.13. The van der Waals surface area contributed by atoms with Crippen molar-refractivity contribution < 1.29 is 0 Å². The highest BCUT2D eigenvalue weighted by molar-refractivity contribution is 5.93. The first-order chi connectivity index (χ1) is 13.3. The number of rotatable bonds is 3. The average molecular weight is 359 g/mol. The summed E-state index contributed by atoms with van der Waals surface area (Å²) in [4.78, 5) is 25.2. The summed E-state index contributed by atoms with van der Waals surface area (Å²) in [7, 11) is 0. The molecule has 1 N–H and O–H groups in total. The molecule has 4 aromatic rings. The maximum absolute atomic E-state index is 13.0. The van der Waals surface area contributed by atoms with E-state index >= 15 is 0 Å². The van der Waals surface area contributed by atoms with E-state index in [0.717, 1.165) is 41.4 Å². The molecule has 0 spiro atoms. The van der Waals surface area contributed by atoms with E-state index in [1.807, 2.05) is 41.9 Å². The third kappa shape index (κ3) is 2.55. The molecule has 3 heterocycles. The topological polar surface area (TPSA) is 76.5 Å². The summed E-state index contributed by atoms with van der Waals surface area (Å²) in [5, 5.41) is 6.38. The molecule has 1 aliphatic rings. The molecule has 0 bridgehead atoms. The molecule has 6 heteroatoms. The largest absolute Gasteiger partial charge is 0.306 e. The van der Waals surface area contributed by atoms with Crippen LogP contribution in [0.15, 0.2) is 41.3 Å². The standard InChI is InChI=1S/C21H21N5O/c1-2-16-18-20(26(25-16)13-7-3-4-8-13)23-19(24-21(18)27)15-11-12-22-17-10-6-5-9-14(15)17/h5-6,9-13H,2-4,7-8H2,1H3,(H,23,24,27). The zero-order chi connectivity index (χ0) is 18.4. The van der Waals surface area contributed by atoms with Gasteiger partial charge < -0.3 is 4.98 Å². The number of hydrogen-bond acceptors (Lipinski definition) is 4. The summed E-state index contributed by atoms with van der Waals surface area (Å²) < 4.78 is 2.00. The predicted molar refractivity (Wildman–Crippen MR) is 106 cm³/mol. The normalized spacial score (nSPS) is 15.1. The van der Waals surface area contributed by atoms with E-state index < -0.39 is 0 Å². The van der Waals surface area contributed by atoms with Crippen LogP contribution in [0.25, 0.3) is 33.3 Å². The van der Waals surface area contributed by atoms with E-state index in [-0.39, 0.29) is 5.56 Å². The second kappa shape index (κ2) is 6.30. The molecular formula is C21H21N5O. The SMILES string of the molecule is CCc1nn(C2CCCC2)c2nc(-c3ccnc4ccccc34)[nH]c(=O)c12. The Hall–Kier alpha value is -3.02. The minimum Gasteiger partial charge on any atom is -0.306 e. The molecule has 1 aliphatic carbocycles. The molecule has 3 aromatic heterocycles. The minimum absolute atomic E-state index is 0.114. The van der Waals surface area contributed by atoms with Crippen molar-refractivity contribution in [3.05, 3.63) is 52.6 Å². The van der Waals surface area contributed by atoms with E-state index in [1.165, 1.54) is 12.8 Å². The van der Waals surface area contributed by atoms with E-state index in [2.05, 4.69) is 9.97 Å². The van der Waals surface area contributed by atoms with Crippen LogP contribution in [-0.4, -0.2) is 24.7 Å². The van der Waals surface area contributed by atoms with Crippen LogP contribution < -0.4 is 5.56 Å². The van der Waals surface area contributed by atoms with Crippen LogP contribution in [0.3, 0.4) is 0 Å². The maximum atomic E-state index is 13.0. The Labute approximate surface area is 156 Å². The molecule has 136 valence electrons. The van der Waals surface area contributed by atoms with Crippen LogP contribution in [-0.2, 0) is 6.42 Å².